The topological polar surface area (TPSA) is 75.6 Å². The van der Waals surface area contributed by atoms with Crippen molar-refractivity contribution in [3.05, 3.63) is 0 Å². The predicted octanol–water partition coefficient (Wildman–Crippen LogP) is 1.12. The molecular formula is C12H21NO4S. The summed E-state index contributed by atoms with van der Waals surface area (Å²) in [6, 6.07) is 0. The third kappa shape index (κ3) is 5.27. The van der Waals surface area contributed by atoms with E-state index in [-0.39, 0.29) is 23.7 Å². The largest absolute Gasteiger partial charge is 0.480 e. The van der Waals surface area contributed by atoms with Crippen molar-refractivity contribution in [1.29, 1.82) is 0 Å². The van der Waals surface area contributed by atoms with Gasteiger partial charge in [0.25, 0.3) is 0 Å². The summed E-state index contributed by atoms with van der Waals surface area (Å²) in [5.74, 6) is -0.787. The summed E-state index contributed by atoms with van der Waals surface area (Å²) >= 11 is 1.18. The molecule has 5 nitrogen and oxygen atoms in total. The highest BCUT2D eigenvalue weighted by Crippen LogP contribution is 2.19. The second-order valence-corrected chi connectivity index (χ2v) is 5.88. The molecule has 1 amide bonds. The number of hydrogen-bond donors (Lipinski definition) is 2. The molecule has 1 fully saturated rings. The minimum Gasteiger partial charge on any atom is -0.480 e. The van der Waals surface area contributed by atoms with Gasteiger partial charge in [-0.25, -0.2) is 0 Å². The van der Waals surface area contributed by atoms with Crippen molar-refractivity contribution in [3.8, 4) is 0 Å². The minimum atomic E-state index is -0.859. The number of carbonyl (C=O) groups excluding carboxylic acids is 1. The number of amides is 1. The van der Waals surface area contributed by atoms with Crippen molar-refractivity contribution in [1.82, 2.24) is 5.32 Å². The van der Waals surface area contributed by atoms with Crippen molar-refractivity contribution in [3.63, 3.8) is 0 Å². The maximum absolute atomic E-state index is 11.6. The van der Waals surface area contributed by atoms with Crippen LogP contribution in [0.1, 0.15) is 26.7 Å². The predicted molar refractivity (Wildman–Crippen MR) is 70.7 cm³/mol. The third-order valence-electron chi connectivity index (χ3n) is 2.79. The summed E-state index contributed by atoms with van der Waals surface area (Å²) in [4.78, 5) is 22.5. The first-order valence-corrected chi connectivity index (χ1v) is 7.28. The fourth-order valence-corrected chi connectivity index (χ4v) is 2.76. The molecule has 1 saturated heterocycles. The molecule has 104 valence electrons. The Labute approximate surface area is 112 Å². The van der Waals surface area contributed by atoms with Crippen LogP contribution in [0.15, 0.2) is 0 Å². The Morgan fingerprint density at radius 1 is 1.50 bits per heavy atom. The molecule has 2 N–H and O–H groups in total. The fraction of sp³-hybridized carbons (Fsp3) is 0.833. The second-order valence-electron chi connectivity index (χ2n) is 4.75. The van der Waals surface area contributed by atoms with E-state index in [0.717, 1.165) is 19.4 Å². The van der Waals surface area contributed by atoms with Crippen LogP contribution in [0.25, 0.3) is 0 Å². The number of nitrogens with one attached hydrogen (secondary N) is 1. The molecule has 0 aromatic carbocycles. The molecule has 0 radical (unpaired) electrons. The molecular weight excluding hydrogens is 254 g/mol. The number of carboxylic acid groups (broad SMARTS) is 1. The number of aliphatic carboxylic acids is 1. The third-order valence-corrected chi connectivity index (χ3v) is 4.33. The van der Waals surface area contributed by atoms with Gasteiger partial charge in [-0.05, 0) is 18.8 Å². The lowest BCUT2D eigenvalue weighted by Gasteiger charge is -2.16. The summed E-state index contributed by atoms with van der Waals surface area (Å²) < 4.78 is 5.39. The maximum atomic E-state index is 11.6. The smallest absolute Gasteiger partial charge is 0.316 e. The number of carboxylic acids is 1. The van der Waals surface area contributed by atoms with Crippen molar-refractivity contribution < 1.29 is 19.4 Å². The zero-order valence-electron chi connectivity index (χ0n) is 10.8. The lowest BCUT2D eigenvalue weighted by atomic mass is 10.1. The van der Waals surface area contributed by atoms with Crippen molar-refractivity contribution in [2.45, 2.75) is 38.0 Å². The van der Waals surface area contributed by atoms with Gasteiger partial charge in [0.15, 0.2) is 0 Å². The van der Waals surface area contributed by atoms with Crippen LogP contribution in [-0.2, 0) is 14.3 Å². The summed E-state index contributed by atoms with van der Waals surface area (Å²) in [6.45, 7) is 4.98. The average molecular weight is 275 g/mol. The summed E-state index contributed by atoms with van der Waals surface area (Å²) in [5.41, 5.74) is 0. The van der Waals surface area contributed by atoms with E-state index in [2.05, 4.69) is 5.32 Å². The number of rotatable bonds is 7. The van der Waals surface area contributed by atoms with Gasteiger partial charge in [-0.15, -0.1) is 11.8 Å². The Morgan fingerprint density at radius 3 is 2.72 bits per heavy atom. The molecule has 0 aliphatic carbocycles. The van der Waals surface area contributed by atoms with E-state index in [4.69, 9.17) is 9.84 Å². The number of carbonyl (C=O) groups is 2. The summed E-state index contributed by atoms with van der Waals surface area (Å²) in [7, 11) is 0. The lowest BCUT2D eigenvalue weighted by Crippen LogP contribution is -2.34. The molecule has 6 heteroatoms. The van der Waals surface area contributed by atoms with Crippen LogP contribution in [0.3, 0.4) is 0 Å². The number of thioether (sulfide) groups is 1. The standard InChI is InChI=1S/C12H21NO4S/c1-8(2)11(12(15)16)18-7-10(14)13-6-9-4-3-5-17-9/h8-9,11H,3-7H2,1-2H3,(H,13,14)(H,15,16). The van der Waals surface area contributed by atoms with Crippen molar-refractivity contribution >= 4 is 23.6 Å². The molecule has 0 aromatic rings. The van der Waals surface area contributed by atoms with Gasteiger partial charge >= 0.3 is 5.97 Å². The van der Waals surface area contributed by atoms with E-state index < -0.39 is 11.2 Å². The molecule has 0 bridgehead atoms. The quantitative estimate of drug-likeness (QED) is 0.728. The Balaban J connectivity index is 2.20. The molecule has 0 spiro atoms. The molecule has 1 heterocycles. The monoisotopic (exact) mass is 275 g/mol. The molecule has 0 aromatic heterocycles. The van der Waals surface area contributed by atoms with Gasteiger partial charge in [-0.3, -0.25) is 9.59 Å². The maximum Gasteiger partial charge on any atom is 0.316 e. The van der Waals surface area contributed by atoms with Gasteiger partial charge in [-0.1, -0.05) is 13.8 Å². The van der Waals surface area contributed by atoms with Crippen LogP contribution in [0.4, 0.5) is 0 Å². The molecule has 0 saturated carbocycles. The fourth-order valence-electron chi connectivity index (χ4n) is 1.80. The van der Waals surface area contributed by atoms with E-state index in [1.54, 1.807) is 0 Å². The first kappa shape index (κ1) is 15.3. The van der Waals surface area contributed by atoms with E-state index in [1.165, 1.54) is 11.8 Å². The van der Waals surface area contributed by atoms with Gasteiger partial charge in [0, 0.05) is 13.2 Å². The SMILES string of the molecule is CC(C)C(SCC(=O)NCC1CCCO1)C(=O)O. The first-order valence-electron chi connectivity index (χ1n) is 6.23. The number of hydrogen-bond acceptors (Lipinski definition) is 4. The van der Waals surface area contributed by atoms with Gasteiger partial charge in [-0.2, -0.15) is 0 Å². The van der Waals surface area contributed by atoms with Crippen LogP contribution in [0.5, 0.6) is 0 Å². The molecule has 2 atom stereocenters. The molecule has 1 aliphatic rings. The normalized spacial score (nSPS) is 20.9. The average Bonchev–Trinajstić information content (AvgIpc) is 2.78. The molecule has 1 rings (SSSR count). The zero-order valence-corrected chi connectivity index (χ0v) is 11.7. The number of ether oxygens (including phenoxy) is 1. The highest BCUT2D eigenvalue weighted by atomic mass is 32.2. The van der Waals surface area contributed by atoms with Crippen LogP contribution in [-0.4, -0.2) is 47.2 Å². The minimum absolute atomic E-state index is 0.0125. The van der Waals surface area contributed by atoms with Crippen LogP contribution in [0, 0.1) is 5.92 Å². The van der Waals surface area contributed by atoms with E-state index >= 15 is 0 Å². The highest BCUT2D eigenvalue weighted by Gasteiger charge is 2.23. The Hall–Kier alpha value is -0.750. The summed E-state index contributed by atoms with van der Waals surface area (Å²) in [6.07, 6.45) is 2.15. The van der Waals surface area contributed by atoms with Crippen LogP contribution < -0.4 is 5.32 Å². The van der Waals surface area contributed by atoms with Gasteiger partial charge in [0.2, 0.25) is 5.91 Å². The first-order chi connectivity index (χ1) is 8.50. The Morgan fingerprint density at radius 2 is 2.22 bits per heavy atom. The van der Waals surface area contributed by atoms with Crippen LogP contribution >= 0.6 is 11.8 Å². The second kappa shape index (κ2) is 7.63. The molecule has 2 unspecified atom stereocenters. The highest BCUT2D eigenvalue weighted by molar-refractivity contribution is 8.01. The van der Waals surface area contributed by atoms with Crippen LogP contribution in [0.2, 0.25) is 0 Å². The van der Waals surface area contributed by atoms with Gasteiger partial charge in [0.1, 0.15) is 5.25 Å². The van der Waals surface area contributed by atoms with Gasteiger partial charge in [0.05, 0.1) is 11.9 Å². The van der Waals surface area contributed by atoms with E-state index in [1.807, 2.05) is 13.8 Å². The van der Waals surface area contributed by atoms with E-state index in [9.17, 15) is 9.59 Å². The van der Waals surface area contributed by atoms with Gasteiger partial charge < -0.3 is 15.2 Å². The Kier molecular flexibility index (Phi) is 6.49. The Bertz CT molecular complexity index is 290. The van der Waals surface area contributed by atoms with Crippen molar-refractivity contribution in [2.75, 3.05) is 18.9 Å². The molecule has 1 aliphatic heterocycles. The van der Waals surface area contributed by atoms with E-state index in [0.29, 0.717) is 6.54 Å². The molecule has 18 heavy (non-hydrogen) atoms. The summed E-state index contributed by atoms with van der Waals surface area (Å²) in [5, 5.41) is 11.2. The van der Waals surface area contributed by atoms with Crippen molar-refractivity contribution in [2.24, 2.45) is 5.92 Å². The zero-order chi connectivity index (χ0) is 13.5. The lowest BCUT2D eigenvalue weighted by molar-refractivity contribution is -0.137.